The van der Waals surface area contributed by atoms with Gasteiger partial charge in [0.25, 0.3) is 0 Å². The third kappa shape index (κ3) is 10.9. The van der Waals surface area contributed by atoms with Crippen LogP contribution in [0.1, 0.15) is 159 Å². The van der Waals surface area contributed by atoms with Gasteiger partial charge in [0.1, 0.15) is 10.5 Å². The molecule has 4 saturated carbocycles. The minimum Gasteiger partial charge on any atom is -0.504 e. The number of hydrogen-bond donors (Lipinski definition) is 6. The average molecular weight is 907 g/mol. The number of aromatic hydroxyl groups is 1. The van der Waals surface area contributed by atoms with Gasteiger partial charge in [-0.2, -0.15) is 0 Å². The van der Waals surface area contributed by atoms with E-state index < -0.39 is 17.1 Å². The number of benzene rings is 1. The highest BCUT2D eigenvalue weighted by Gasteiger charge is 2.57. The first-order valence-electron chi connectivity index (χ1n) is 24.3. The summed E-state index contributed by atoms with van der Waals surface area (Å²) in [5.74, 6) is 2.60. The number of carbonyl (C=O) groups excluding carboxylic acids is 2. The summed E-state index contributed by atoms with van der Waals surface area (Å²) in [5.41, 5.74) is 14.9. The van der Waals surface area contributed by atoms with E-state index in [9.17, 15) is 19.8 Å². The van der Waals surface area contributed by atoms with Gasteiger partial charge in [-0.3, -0.25) is 14.6 Å². The molecule has 5 atom stereocenters. The van der Waals surface area contributed by atoms with Gasteiger partial charge >= 0.3 is 5.97 Å². The van der Waals surface area contributed by atoms with Gasteiger partial charge in [0.15, 0.2) is 17.5 Å². The highest BCUT2D eigenvalue weighted by Crippen LogP contribution is 2.63. The molecule has 63 heavy (non-hydrogen) atoms. The maximum absolute atomic E-state index is 14.3. The molecule has 4 aliphatic carbocycles. The van der Waals surface area contributed by atoms with Gasteiger partial charge < -0.3 is 46.7 Å². The van der Waals surface area contributed by atoms with Gasteiger partial charge in [-0.15, -0.1) is 0 Å². The number of allylic oxidation sites excluding steroid dienone is 2. The molecule has 2 spiro atoms. The number of nitrogens with zero attached hydrogens (tertiary/aromatic N) is 2. The van der Waals surface area contributed by atoms with Crippen molar-refractivity contribution in [3.05, 3.63) is 46.8 Å². The number of amides is 1. The largest absolute Gasteiger partial charge is 0.504 e. The SMILES string of the molecule is CC(=O)OC12CCc3cc(c(O)c(OC4CCCC4)c3)CN3CC(CC4=CCNC(N)=C4)(CCN=C(N)NC4(CCCC45CCCC5)SSCCCCCC(CC1)C(O)C2)CC3=O. The van der Waals surface area contributed by atoms with Crippen LogP contribution in [0.5, 0.6) is 11.5 Å². The Morgan fingerprint density at radius 1 is 0.968 bits per heavy atom. The predicted molar refractivity (Wildman–Crippen MR) is 253 cm³/mol. The summed E-state index contributed by atoms with van der Waals surface area (Å²) in [6.07, 6.45) is 25.1. The van der Waals surface area contributed by atoms with Crippen molar-refractivity contribution in [2.24, 2.45) is 33.2 Å². The van der Waals surface area contributed by atoms with Gasteiger partial charge in [0, 0.05) is 68.1 Å². The number of phenols is 1. The zero-order valence-electron chi connectivity index (χ0n) is 37.7. The van der Waals surface area contributed by atoms with Crippen LogP contribution in [0.25, 0.3) is 0 Å². The van der Waals surface area contributed by atoms with Crippen LogP contribution < -0.4 is 26.8 Å². The molecule has 1 saturated heterocycles. The quantitative estimate of drug-likeness (QED) is 0.123. The molecule has 5 unspecified atom stereocenters. The number of hydrogen-bond acceptors (Lipinski definition) is 13. The van der Waals surface area contributed by atoms with Gasteiger partial charge in [-0.25, -0.2) is 0 Å². The molecule has 8 N–H and O–H groups in total. The van der Waals surface area contributed by atoms with Gasteiger partial charge in [-0.05, 0) is 138 Å². The zero-order chi connectivity index (χ0) is 44.1. The zero-order valence-corrected chi connectivity index (χ0v) is 39.4. The second-order valence-corrected chi connectivity index (χ2v) is 23.1. The molecule has 1 aromatic rings. The molecule has 4 aliphatic heterocycles. The fourth-order valence-corrected chi connectivity index (χ4v) is 16.1. The summed E-state index contributed by atoms with van der Waals surface area (Å²) >= 11 is 0. The fraction of sp³-hybridized carbons (Fsp3) is 0.735. The molecular weight excluding hydrogens is 833 g/mol. The Morgan fingerprint density at radius 3 is 2.54 bits per heavy atom. The Kier molecular flexibility index (Phi) is 14.8. The normalized spacial score (nSPS) is 32.5. The number of phenolic OH excluding ortho intramolecular Hbond substituents is 1. The van der Waals surface area contributed by atoms with Crippen molar-refractivity contribution < 1.29 is 29.3 Å². The number of esters is 1. The highest BCUT2D eigenvalue weighted by molar-refractivity contribution is 8.77. The molecule has 1 aromatic carbocycles. The van der Waals surface area contributed by atoms with Gasteiger partial charge in [-0.1, -0.05) is 59.4 Å². The van der Waals surface area contributed by atoms with E-state index in [1.807, 2.05) is 44.7 Å². The first kappa shape index (κ1) is 46.3. The summed E-state index contributed by atoms with van der Waals surface area (Å²) in [4.78, 5) is 33.6. The number of aliphatic hydroxyl groups excluding tert-OH is 1. The monoisotopic (exact) mass is 907 g/mol. The van der Waals surface area contributed by atoms with Crippen LogP contribution in [-0.4, -0.2) is 81.0 Å². The Balaban J connectivity index is 1.10. The van der Waals surface area contributed by atoms with Gasteiger partial charge in [0.05, 0.1) is 18.0 Å². The number of rotatable bonds is 5. The molecule has 0 radical (unpaired) electrons. The number of guanidine groups is 1. The van der Waals surface area contributed by atoms with E-state index in [2.05, 4.69) is 16.7 Å². The van der Waals surface area contributed by atoms with Crippen LogP contribution in [0.4, 0.5) is 0 Å². The van der Waals surface area contributed by atoms with Crippen molar-refractivity contribution in [1.29, 1.82) is 0 Å². The number of aliphatic hydroxyl groups is 1. The highest BCUT2D eigenvalue weighted by atomic mass is 33.1. The second kappa shape index (κ2) is 20.1. The standard InChI is InChI=1S/C49H74N6O6S2/c1-34(56)61-48-20-13-35-26-38(44(59)41(27-35)60-39-11-4-5-12-39)32-55-33-46(31-43(55)58,29-36-15-23-52-42(50)28-36)22-24-53-45(51)54-49(19-9-18-47(49)16-6-7-17-47)63-62-25-8-2-3-10-37(14-21-48)40(57)30-48/h15,26-28,37,39-40,52,57,59H,2-14,16-25,29-33,50H2,1H3,(H3,51,53,54). The van der Waals surface area contributed by atoms with Crippen LogP contribution in [0.15, 0.2) is 40.7 Å². The molecule has 8 aliphatic rings. The minimum atomic E-state index is -0.774. The fourth-order valence-electron chi connectivity index (χ4n) is 12.6. The van der Waals surface area contributed by atoms with E-state index in [-0.39, 0.29) is 46.5 Å². The molecule has 14 heteroatoms. The Labute approximate surface area is 383 Å². The van der Waals surface area contributed by atoms with Crippen LogP contribution in [0.3, 0.4) is 0 Å². The summed E-state index contributed by atoms with van der Waals surface area (Å²) in [5, 5.41) is 30.5. The number of dihydropyridines is 1. The van der Waals surface area contributed by atoms with Crippen molar-refractivity contribution in [1.82, 2.24) is 15.5 Å². The molecular formula is C49H74N6O6S2. The third-order valence-corrected chi connectivity index (χ3v) is 19.2. The lowest BCUT2D eigenvalue weighted by atomic mass is 9.72. The Hall–Kier alpha value is -3.23. The molecule has 0 aromatic heterocycles. The van der Waals surface area contributed by atoms with Crippen molar-refractivity contribution >= 4 is 39.4 Å². The average Bonchev–Trinajstić information content (AvgIpc) is 4.05. The van der Waals surface area contributed by atoms with E-state index in [0.717, 1.165) is 81.1 Å². The minimum absolute atomic E-state index is 0.0257. The van der Waals surface area contributed by atoms with Crippen molar-refractivity contribution in [3.63, 3.8) is 0 Å². The Bertz CT molecular complexity index is 1890. The predicted octanol–water partition coefficient (Wildman–Crippen LogP) is 8.24. The van der Waals surface area contributed by atoms with E-state index in [0.29, 0.717) is 87.7 Å². The molecule has 1 amide bonds. The van der Waals surface area contributed by atoms with Crippen LogP contribution >= 0.6 is 21.6 Å². The summed E-state index contributed by atoms with van der Waals surface area (Å²) in [7, 11) is 3.97. The van der Waals surface area contributed by atoms with E-state index in [4.69, 9.17) is 25.9 Å². The molecule has 348 valence electrons. The van der Waals surface area contributed by atoms with E-state index in [1.165, 1.54) is 45.4 Å². The first-order valence-corrected chi connectivity index (χ1v) is 26.7. The molecule has 5 fully saturated rings. The van der Waals surface area contributed by atoms with Crippen LogP contribution in [0.2, 0.25) is 0 Å². The lowest BCUT2D eigenvalue weighted by molar-refractivity contribution is -0.168. The smallest absolute Gasteiger partial charge is 0.303 e. The van der Waals surface area contributed by atoms with Crippen molar-refractivity contribution in [2.45, 2.75) is 184 Å². The molecule has 12 nitrogen and oxygen atoms in total. The number of fused-ring (bicyclic) bond motifs is 12. The number of carbonyl (C=O) groups is 2. The maximum atomic E-state index is 14.3. The maximum Gasteiger partial charge on any atom is 0.303 e. The second-order valence-electron chi connectivity index (χ2n) is 20.4. The summed E-state index contributed by atoms with van der Waals surface area (Å²) in [6.45, 7) is 3.34. The summed E-state index contributed by atoms with van der Waals surface area (Å²) in [6, 6.07) is 3.93. The van der Waals surface area contributed by atoms with E-state index in [1.54, 1.807) is 0 Å². The lowest BCUT2D eigenvalue weighted by Gasteiger charge is -2.44. The van der Waals surface area contributed by atoms with E-state index >= 15 is 0 Å². The number of nitrogens with two attached hydrogens (primary N) is 2. The van der Waals surface area contributed by atoms with Crippen LogP contribution in [0, 0.1) is 16.7 Å². The number of nitrogens with one attached hydrogen (secondary N) is 2. The van der Waals surface area contributed by atoms with Crippen molar-refractivity contribution in [2.75, 3.05) is 25.4 Å². The molecule has 9 rings (SSSR count). The lowest BCUT2D eigenvalue weighted by Crippen LogP contribution is -2.55. The number of aryl methyl sites for hydroxylation is 1. The Morgan fingerprint density at radius 2 is 1.76 bits per heavy atom. The van der Waals surface area contributed by atoms with Gasteiger partial charge in [0.2, 0.25) is 5.91 Å². The van der Waals surface area contributed by atoms with Crippen LogP contribution in [-0.2, 0) is 27.3 Å². The number of aliphatic imine (C=N–C) groups is 1. The molecule has 4 heterocycles. The topological polar surface area (TPSA) is 185 Å². The third-order valence-electron chi connectivity index (χ3n) is 15.9. The molecule has 6 bridgehead atoms. The van der Waals surface area contributed by atoms with Crippen molar-refractivity contribution in [3.8, 4) is 11.5 Å². The first-order chi connectivity index (χ1) is 30.4. The summed E-state index contributed by atoms with van der Waals surface area (Å²) < 4.78 is 12.7. The number of ether oxygens (including phenoxy) is 2.